The van der Waals surface area contributed by atoms with Crippen LogP contribution in [-0.4, -0.2) is 57.6 Å². The third kappa shape index (κ3) is 11.0. The number of fused-ring (bicyclic) bond motifs is 1. The number of hydrogen-bond acceptors (Lipinski definition) is 11. The number of nitrogens with one attached hydrogen (secondary N) is 4. The Balaban J connectivity index is 0.000000211. The van der Waals surface area contributed by atoms with Gasteiger partial charge in [-0.2, -0.15) is 0 Å². The molecule has 18 heteroatoms. The van der Waals surface area contributed by atoms with Crippen molar-refractivity contribution in [3.05, 3.63) is 102 Å². The molecule has 51 heavy (non-hydrogen) atoms. The van der Waals surface area contributed by atoms with Crippen LogP contribution in [0, 0.1) is 0 Å². The molecular formula is C33H34ClN7O6S4. The van der Waals surface area contributed by atoms with Gasteiger partial charge in [0.25, 0.3) is 20.0 Å². The number of sulfonamides is 2. The molecule has 0 atom stereocenters. The lowest BCUT2D eigenvalue weighted by Gasteiger charge is -2.31. The van der Waals surface area contributed by atoms with Crippen molar-refractivity contribution in [2.75, 3.05) is 43.9 Å². The van der Waals surface area contributed by atoms with E-state index in [9.17, 15) is 26.4 Å². The van der Waals surface area contributed by atoms with Gasteiger partial charge in [0.05, 0.1) is 9.79 Å². The minimum atomic E-state index is -3.70. The summed E-state index contributed by atoms with van der Waals surface area (Å²) in [5, 5.41) is 9.44. The molecule has 3 aromatic carbocycles. The third-order valence-electron chi connectivity index (χ3n) is 7.34. The van der Waals surface area contributed by atoms with Gasteiger partial charge in [-0.25, -0.2) is 26.8 Å². The zero-order valence-electron chi connectivity index (χ0n) is 27.0. The number of carbonyl (C=O) groups is 2. The van der Waals surface area contributed by atoms with Gasteiger partial charge in [0.1, 0.15) is 0 Å². The Hall–Kier alpha value is -4.55. The molecule has 0 fully saturated rings. The standard InChI is InChI=1S/C21H22N4O3S2.C12H12ClN3O3S2/c26-20(11-14-25-13-3-5-16-4-1-2-6-19(16)25)23-17-7-9-18(10-8-17)30(27,28)24-21-22-12-15-29-21;13-6-5-11(17)15-9-1-3-10(4-2-9)21(18,19)16-12-14-7-8-20-12/h1-2,4,6-10,12,15H,3,5,11,13-14H2,(H,22,24)(H,23,26);1-4,7-8H,5-6H2,(H,14,16)(H,15,17). The van der Waals surface area contributed by atoms with Gasteiger partial charge in [-0.1, -0.05) is 18.2 Å². The van der Waals surface area contributed by atoms with Gasteiger partial charge in [0, 0.05) is 72.0 Å². The van der Waals surface area contributed by atoms with Crippen LogP contribution in [0.2, 0.25) is 0 Å². The number of aryl methyl sites for hydroxylation is 1. The van der Waals surface area contributed by atoms with Crippen molar-refractivity contribution in [3.8, 4) is 0 Å². The molecule has 0 bridgehead atoms. The maximum absolute atomic E-state index is 12.4. The number of halogens is 1. The van der Waals surface area contributed by atoms with Gasteiger partial charge < -0.3 is 15.5 Å². The van der Waals surface area contributed by atoms with E-state index in [4.69, 9.17) is 11.6 Å². The van der Waals surface area contributed by atoms with Crippen LogP contribution >= 0.6 is 34.3 Å². The first kappa shape index (κ1) is 37.7. The van der Waals surface area contributed by atoms with E-state index >= 15 is 0 Å². The maximum Gasteiger partial charge on any atom is 0.263 e. The summed E-state index contributed by atoms with van der Waals surface area (Å²) in [6.07, 6.45) is 5.77. The minimum absolute atomic E-state index is 0.0908. The number of hydrogen-bond donors (Lipinski definition) is 4. The molecule has 0 spiro atoms. The fraction of sp³-hybridized carbons (Fsp3) is 0.212. The van der Waals surface area contributed by atoms with Gasteiger partial charge in [-0.15, -0.1) is 34.3 Å². The molecule has 3 heterocycles. The predicted molar refractivity (Wildman–Crippen MR) is 203 cm³/mol. The molecule has 13 nitrogen and oxygen atoms in total. The van der Waals surface area contributed by atoms with Crippen LogP contribution in [0.1, 0.15) is 24.8 Å². The van der Waals surface area contributed by atoms with Gasteiger partial charge in [0.15, 0.2) is 10.3 Å². The number of alkyl halides is 1. The number of thiazole rings is 2. The van der Waals surface area contributed by atoms with E-state index in [-0.39, 0.29) is 33.9 Å². The van der Waals surface area contributed by atoms with Gasteiger partial charge in [0.2, 0.25) is 11.8 Å². The molecular weight excluding hydrogens is 754 g/mol. The molecule has 0 unspecified atom stereocenters. The number of benzene rings is 3. The lowest BCUT2D eigenvalue weighted by atomic mass is 10.0. The van der Waals surface area contributed by atoms with Crippen LogP contribution < -0.4 is 25.0 Å². The summed E-state index contributed by atoms with van der Waals surface area (Å²) in [7, 11) is -7.38. The second-order valence-electron chi connectivity index (χ2n) is 10.9. The molecule has 4 N–H and O–H groups in total. The van der Waals surface area contributed by atoms with Crippen LogP contribution in [0.4, 0.5) is 27.3 Å². The summed E-state index contributed by atoms with van der Waals surface area (Å²) in [5.74, 6) is -0.0909. The van der Waals surface area contributed by atoms with Gasteiger partial charge >= 0.3 is 0 Å². The van der Waals surface area contributed by atoms with E-state index in [0.29, 0.717) is 34.6 Å². The molecule has 0 aliphatic carbocycles. The molecule has 0 radical (unpaired) electrons. The number of nitrogens with zero attached hydrogens (tertiary/aromatic N) is 3. The first-order chi connectivity index (χ1) is 24.5. The van der Waals surface area contributed by atoms with E-state index in [1.807, 2.05) is 12.1 Å². The summed E-state index contributed by atoms with van der Waals surface area (Å²) in [6.45, 7) is 1.59. The Kier molecular flexibility index (Phi) is 13.0. The van der Waals surface area contributed by atoms with Crippen LogP contribution in [0.5, 0.6) is 0 Å². The monoisotopic (exact) mass is 787 g/mol. The van der Waals surface area contributed by atoms with Crippen molar-refractivity contribution >= 4 is 93.5 Å². The summed E-state index contributed by atoms with van der Waals surface area (Å²) >= 11 is 7.86. The molecule has 1 aliphatic rings. The molecule has 1 aliphatic heterocycles. The largest absolute Gasteiger partial charge is 0.371 e. The van der Waals surface area contributed by atoms with Gasteiger partial charge in [-0.3, -0.25) is 19.0 Å². The summed E-state index contributed by atoms with van der Waals surface area (Å²) < 4.78 is 53.7. The Morgan fingerprint density at radius 1 is 0.725 bits per heavy atom. The molecule has 0 saturated heterocycles. The second kappa shape index (κ2) is 17.6. The number of aromatic nitrogens is 2. The molecule has 2 aromatic heterocycles. The lowest BCUT2D eigenvalue weighted by molar-refractivity contribution is -0.116. The topological polar surface area (TPSA) is 180 Å². The minimum Gasteiger partial charge on any atom is -0.371 e. The van der Waals surface area contributed by atoms with Gasteiger partial charge in [-0.05, 0) is 73.0 Å². The zero-order valence-corrected chi connectivity index (χ0v) is 31.0. The quantitative estimate of drug-likeness (QED) is 0.101. The number of para-hydroxylation sites is 1. The number of amides is 2. The van der Waals surface area contributed by atoms with E-state index in [1.54, 1.807) is 22.9 Å². The molecule has 6 rings (SSSR count). The molecule has 0 saturated carbocycles. The van der Waals surface area contributed by atoms with Crippen molar-refractivity contribution in [2.45, 2.75) is 35.5 Å². The molecule has 268 valence electrons. The average Bonchev–Trinajstić information content (AvgIpc) is 3.82. The first-order valence-electron chi connectivity index (χ1n) is 15.6. The van der Waals surface area contributed by atoms with Crippen molar-refractivity contribution in [1.29, 1.82) is 0 Å². The van der Waals surface area contributed by atoms with Crippen LogP contribution in [-0.2, 0) is 36.1 Å². The first-order valence-corrected chi connectivity index (χ1v) is 20.8. The maximum atomic E-state index is 12.4. The van der Waals surface area contributed by atoms with Crippen molar-refractivity contribution in [3.63, 3.8) is 0 Å². The number of anilines is 5. The number of carbonyl (C=O) groups excluding carboxylic acids is 2. The van der Waals surface area contributed by atoms with E-state index in [2.05, 4.69) is 47.1 Å². The van der Waals surface area contributed by atoms with E-state index < -0.39 is 20.0 Å². The Morgan fingerprint density at radius 2 is 1.24 bits per heavy atom. The van der Waals surface area contributed by atoms with Crippen molar-refractivity contribution < 1.29 is 26.4 Å². The van der Waals surface area contributed by atoms with Crippen molar-refractivity contribution in [1.82, 2.24) is 9.97 Å². The highest BCUT2D eigenvalue weighted by atomic mass is 35.5. The Labute approximate surface area is 309 Å². The SMILES string of the molecule is O=C(CCCl)Nc1ccc(S(=O)(=O)Nc2nccs2)cc1.O=C(CCN1CCCc2ccccc21)Nc1ccc(S(=O)(=O)Nc2nccs2)cc1. The fourth-order valence-electron chi connectivity index (χ4n) is 4.94. The molecule has 5 aromatic rings. The van der Waals surface area contributed by atoms with E-state index in [1.165, 1.54) is 82.7 Å². The highest BCUT2D eigenvalue weighted by Gasteiger charge is 2.19. The zero-order chi connectivity index (χ0) is 36.3. The molecule has 2 amide bonds. The fourth-order valence-corrected chi connectivity index (χ4v) is 8.69. The van der Waals surface area contributed by atoms with Crippen LogP contribution in [0.15, 0.2) is 106 Å². The smallest absolute Gasteiger partial charge is 0.263 e. The third-order valence-corrected chi connectivity index (χ3v) is 11.9. The summed E-state index contributed by atoms with van der Waals surface area (Å²) in [6, 6.07) is 20.3. The highest BCUT2D eigenvalue weighted by molar-refractivity contribution is 7.93. The summed E-state index contributed by atoms with van der Waals surface area (Å²) in [5.41, 5.74) is 3.61. The average molecular weight is 788 g/mol. The highest BCUT2D eigenvalue weighted by Crippen LogP contribution is 2.27. The predicted octanol–water partition coefficient (Wildman–Crippen LogP) is 6.24. The Morgan fingerprint density at radius 3 is 1.73 bits per heavy atom. The van der Waals surface area contributed by atoms with E-state index in [0.717, 1.165) is 19.4 Å². The normalized spacial score (nSPS) is 12.5. The Bertz CT molecular complexity index is 2110. The number of rotatable bonds is 13. The van der Waals surface area contributed by atoms with Crippen molar-refractivity contribution in [2.24, 2.45) is 0 Å². The summed E-state index contributed by atoms with van der Waals surface area (Å²) in [4.78, 5) is 34.0. The van der Waals surface area contributed by atoms with Crippen LogP contribution in [0.25, 0.3) is 0 Å². The second-order valence-corrected chi connectivity index (χ2v) is 16.5. The lowest BCUT2D eigenvalue weighted by Crippen LogP contribution is -2.32. The van der Waals surface area contributed by atoms with Crippen LogP contribution in [0.3, 0.4) is 0 Å².